The average molecular weight is 269 g/mol. The van der Waals surface area contributed by atoms with Gasteiger partial charge in [-0.05, 0) is 18.9 Å². The highest BCUT2D eigenvalue weighted by atomic mass is 16.5. The molecule has 0 fully saturated rings. The number of methoxy groups -OCH3 is 1. The quantitative estimate of drug-likeness (QED) is 0.621. The third kappa shape index (κ3) is 7.97. The van der Waals surface area contributed by atoms with E-state index in [-0.39, 0.29) is 0 Å². The van der Waals surface area contributed by atoms with Crippen molar-refractivity contribution in [3.05, 3.63) is 18.2 Å². The molecule has 1 aromatic heterocycles. The monoisotopic (exact) mass is 269 g/mol. The Morgan fingerprint density at radius 1 is 1.32 bits per heavy atom. The van der Waals surface area contributed by atoms with E-state index < -0.39 is 0 Å². The lowest BCUT2D eigenvalue weighted by Crippen LogP contribution is -2.19. The maximum Gasteiger partial charge on any atom is 0.0949 e. The first-order valence-corrected chi connectivity index (χ1v) is 7.00. The SMILES string of the molecule is COCCOCCCn1cnc(CNCC(C)C)c1. The minimum Gasteiger partial charge on any atom is -0.382 e. The van der Waals surface area contributed by atoms with Crippen LogP contribution in [0.4, 0.5) is 0 Å². The van der Waals surface area contributed by atoms with Crippen molar-refractivity contribution >= 4 is 0 Å². The summed E-state index contributed by atoms with van der Waals surface area (Å²) in [6.07, 6.45) is 4.99. The van der Waals surface area contributed by atoms with Crippen LogP contribution in [0.3, 0.4) is 0 Å². The molecule has 0 aliphatic rings. The summed E-state index contributed by atoms with van der Waals surface area (Å²) < 4.78 is 12.5. The Balaban J connectivity index is 2.09. The number of rotatable bonds is 11. The number of aryl methyl sites for hydroxylation is 1. The lowest BCUT2D eigenvalue weighted by Gasteiger charge is -2.05. The van der Waals surface area contributed by atoms with Gasteiger partial charge in [-0.25, -0.2) is 4.98 Å². The van der Waals surface area contributed by atoms with E-state index in [4.69, 9.17) is 9.47 Å². The van der Waals surface area contributed by atoms with Crippen molar-refractivity contribution in [3.8, 4) is 0 Å². The van der Waals surface area contributed by atoms with Crippen LogP contribution in [-0.4, -0.2) is 43.0 Å². The fourth-order valence-corrected chi connectivity index (χ4v) is 1.70. The lowest BCUT2D eigenvalue weighted by atomic mass is 10.2. The van der Waals surface area contributed by atoms with Crippen LogP contribution >= 0.6 is 0 Å². The number of nitrogens with zero attached hydrogens (tertiary/aromatic N) is 2. The molecule has 1 N–H and O–H groups in total. The third-order valence-corrected chi connectivity index (χ3v) is 2.68. The molecule has 19 heavy (non-hydrogen) atoms. The van der Waals surface area contributed by atoms with Crippen molar-refractivity contribution in [3.63, 3.8) is 0 Å². The van der Waals surface area contributed by atoms with Crippen LogP contribution in [0.2, 0.25) is 0 Å². The Bertz CT molecular complexity index is 326. The second kappa shape index (κ2) is 9.95. The molecule has 1 heterocycles. The first kappa shape index (κ1) is 16.1. The molecule has 1 aromatic rings. The predicted molar refractivity (Wildman–Crippen MR) is 76.1 cm³/mol. The fourth-order valence-electron chi connectivity index (χ4n) is 1.70. The van der Waals surface area contributed by atoms with E-state index in [1.54, 1.807) is 7.11 Å². The normalized spacial score (nSPS) is 11.4. The van der Waals surface area contributed by atoms with Crippen LogP contribution < -0.4 is 5.32 Å². The van der Waals surface area contributed by atoms with Gasteiger partial charge < -0.3 is 19.4 Å². The number of hydrogen-bond acceptors (Lipinski definition) is 4. The third-order valence-electron chi connectivity index (χ3n) is 2.68. The molecule has 0 radical (unpaired) electrons. The van der Waals surface area contributed by atoms with E-state index in [0.717, 1.165) is 38.4 Å². The van der Waals surface area contributed by atoms with Crippen LogP contribution in [0.15, 0.2) is 12.5 Å². The van der Waals surface area contributed by atoms with E-state index in [2.05, 4.69) is 34.9 Å². The summed E-state index contributed by atoms with van der Waals surface area (Å²) in [5, 5.41) is 3.39. The van der Waals surface area contributed by atoms with E-state index in [1.807, 2.05) is 6.33 Å². The highest BCUT2D eigenvalue weighted by Crippen LogP contribution is 1.99. The van der Waals surface area contributed by atoms with Crippen LogP contribution in [0.25, 0.3) is 0 Å². The second-order valence-corrected chi connectivity index (χ2v) is 5.09. The zero-order chi connectivity index (χ0) is 13.9. The molecule has 0 spiro atoms. The minimum atomic E-state index is 0.663. The summed E-state index contributed by atoms with van der Waals surface area (Å²) in [6.45, 7) is 9.33. The van der Waals surface area contributed by atoms with Crippen molar-refractivity contribution in [2.45, 2.75) is 33.4 Å². The maximum absolute atomic E-state index is 5.42. The van der Waals surface area contributed by atoms with Crippen molar-refractivity contribution in [1.29, 1.82) is 0 Å². The predicted octanol–water partition coefficient (Wildman–Crippen LogP) is 1.68. The Labute approximate surface area is 116 Å². The molecule has 0 saturated carbocycles. The van der Waals surface area contributed by atoms with Crippen LogP contribution in [0.5, 0.6) is 0 Å². The van der Waals surface area contributed by atoms with Gasteiger partial charge in [-0.1, -0.05) is 13.8 Å². The summed E-state index contributed by atoms with van der Waals surface area (Å²) in [5.74, 6) is 0.673. The second-order valence-electron chi connectivity index (χ2n) is 5.09. The Morgan fingerprint density at radius 3 is 2.89 bits per heavy atom. The molecule has 0 atom stereocenters. The van der Waals surface area contributed by atoms with Gasteiger partial charge in [0.05, 0.1) is 25.2 Å². The summed E-state index contributed by atoms with van der Waals surface area (Å²) in [7, 11) is 1.68. The van der Waals surface area contributed by atoms with Gasteiger partial charge in [-0.2, -0.15) is 0 Å². The molecule has 0 saturated heterocycles. The molecule has 1 rings (SSSR count). The summed E-state index contributed by atoms with van der Waals surface area (Å²) >= 11 is 0. The summed E-state index contributed by atoms with van der Waals surface area (Å²) in [4.78, 5) is 4.38. The van der Waals surface area contributed by atoms with Gasteiger partial charge in [0.15, 0.2) is 0 Å². The van der Waals surface area contributed by atoms with Crippen LogP contribution in [-0.2, 0) is 22.6 Å². The first-order valence-electron chi connectivity index (χ1n) is 7.00. The average Bonchev–Trinajstić information content (AvgIpc) is 2.81. The van der Waals surface area contributed by atoms with E-state index >= 15 is 0 Å². The molecule has 0 amide bonds. The Hall–Kier alpha value is -0.910. The first-order chi connectivity index (χ1) is 9.22. The van der Waals surface area contributed by atoms with Gasteiger partial charge in [0.25, 0.3) is 0 Å². The Kier molecular flexibility index (Phi) is 8.45. The van der Waals surface area contributed by atoms with Crippen molar-refractivity contribution in [2.24, 2.45) is 5.92 Å². The lowest BCUT2D eigenvalue weighted by molar-refractivity contribution is 0.0680. The number of nitrogens with one attached hydrogen (secondary N) is 1. The van der Waals surface area contributed by atoms with Crippen molar-refractivity contribution in [2.75, 3.05) is 33.5 Å². The molecular formula is C14H27N3O2. The zero-order valence-electron chi connectivity index (χ0n) is 12.4. The van der Waals surface area contributed by atoms with Crippen LogP contribution in [0.1, 0.15) is 26.0 Å². The van der Waals surface area contributed by atoms with Gasteiger partial charge in [-0.15, -0.1) is 0 Å². The van der Waals surface area contributed by atoms with Gasteiger partial charge in [0.1, 0.15) is 0 Å². The van der Waals surface area contributed by atoms with E-state index in [1.165, 1.54) is 0 Å². The highest BCUT2D eigenvalue weighted by Gasteiger charge is 1.99. The molecule has 0 unspecified atom stereocenters. The molecule has 5 nitrogen and oxygen atoms in total. The van der Waals surface area contributed by atoms with E-state index in [9.17, 15) is 0 Å². The molecule has 0 aromatic carbocycles. The van der Waals surface area contributed by atoms with Crippen molar-refractivity contribution < 1.29 is 9.47 Å². The highest BCUT2D eigenvalue weighted by molar-refractivity contribution is 4.96. The van der Waals surface area contributed by atoms with Gasteiger partial charge >= 0.3 is 0 Å². The van der Waals surface area contributed by atoms with Gasteiger partial charge in [0.2, 0.25) is 0 Å². The minimum absolute atomic E-state index is 0.663. The standard InChI is InChI=1S/C14H27N3O2/c1-13(2)9-15-10-14-11-17(12-16-14)5-4-6-19-8-7-18-3/h11-13,15H,4-10H2,1-3H3. The number of aromatic nitrogens is 2. The van der Waals surface area contributed by atoms with Gasteiger partial charge in [0, 0.05) is 33.0 Å². The number of ether oxygens (including phenoxy) is 2. The maximum atomic E-state index is 5.42. The summed E-state index contributed by atoms with van der Waals surface area (Å²) in [5.41, 5.74) is 1.10. The van der Waals surface area contributed by atoms with Gasteiger partial charge in [-0.3, -0.25) is 0 Å². The van der Waals surface area contributed by atoms with E-state index in [0.29, 0.717) is 19.1 Å². The molecule has 0 aliphatic carbocycles. The smallest absolute Gasteiger partial charge is 0.0949 e. The molecule has 110 valence electrons. The van der Waals surface area contributed by atoms with Crippen molar-refractivity contribution in [1.82, 2.24) is 14.9 Å². The van der Waals surface area contributed by atoms with Crippen LogP contribution in [0, 0.1) is 5.92 Å². The summed E-state index contributed by atoms with van der Waals surface area (Å²) in [6, 6.07) is 0. The fraction of sp³-hybridized carbons (Fsp3) is 0.786. The number of imidazole rings is 1. The Morgan fingerprint density at radius 2 is 2.16 bits per heavy atom. The molecule has 0 aliphatic heterocycles. The largest absolute Gasteiger partial charge is 0.382 e. The molecule has 5 heteroatoms. The molecule has 0 bridgehead atoms. The topological polar surface area (TPSA) is 48.3 Å². The zero-order valence-corrected chi connectivity index (χ0v) is 12.4. The number of hydrogen-bond donors (Lipinski definition) is 1. The molecular weight excluding hydrogens is 242 g/mol.